The number of hydrogen-bond acceptors (Lipinski definition) is 5. The Balaban J connectivity index is 2.02. The van der Waals surface area contributed by atoms with Crippen LogP contribution in [-0.2, 0) is 4.79 Å². The smallest absolute Gasteiger partial charge is 0.261 e. The number of carbonyl (C=O) groups is 2. The molecule has 1 aliphatic carbocycles. The van der Waals surface area contributed by atoms with Gasteiger partial charge < -0.3 is 5.32 Å². The maximum atomic E-state index is 13.3. The van der Waals surface area contributed by atoms with E-state index in [1.54, 1.807) is 32.0 Å². The number of carbonyl (C=O) groups excluding carboxylic acids is 2. The van der Waals surface area contributed by atoms with Crippen molar-refractivity contribution >= 4 is 18.0 Å². The first-order valence-electron chi connectivity index (χ1n) is 9.76. The van der Waals surface area contributed by atoms with Crippen LogP contribution < -0.4 is 5.32 Å². The van der Waals surface area contributed by atoms with E-state index in [0.717, 1.165) is 22.4 Å². The van der Waals surface area contributed by atoms with Crippen molar-refractivity contribution in [3.8, 4) is 17.2 Å². The summed E-state index contributed by atoms with van der Waals surface area (Å²) < 4.78 is 0. The third kappa shape index (κ3) is 2.90. The molecule has 31 heavy (non-hydrogen) atoms. The zero-order valence-corrected chi connectivity index (χ0v) is 17.2. The summed E-state index contributed by atoms with van der Waals surface area (Å²) >= 11 is 0. The van der Waals surface area contributed by atoms with Crippen LogP contribution in [0.1, 0.15) is 41.3 Å². The molecule has 6 heteroatoms. The Kier molecular flexibility index (Phi) is 4.88. The molecule has 0 saturated carbocycles. The van der Waals surface area contributed by atoms with Gasteiger partial charge in [0.1, 0.15) is 0 Å². The number of ketones is 1. The first-order chi connectivity index (χ1) is 14.9. The van der Waals surface area contributed by atoms with Crippen molar-refractivity contribution in [3.63, 3.8) is 0 Å². The third-order valence-corrected chi connectivity index (χ3v) is 5.77. The fraction of sp³-hybridized carbons (Fsp3) is 0.120. The Morgan fingerprint density at radius 2 is 1.81 bits per heavy atom. The summed E-state index contributed by atoms with van der Waals surface area (Å²) in [6, 6.07) is 15.0. The van der Waals surface area contributed by atoms with Crippen LogP contribution in [0, 0.1) is 16.7 Å². The predicted octanol–water partition coefficient (Wildman–Crippen LogP) is 4.24. The molecule has 2 N–H and O–H groups in total. The highest BCUT2D eigenvalue weighted by Gasteiger charge is 2.38. The Hall–Kier alpha value is -4.24. The molecule has 0 aromatic heterocycles. The van der Waals surface area contributed by atoms with Gasteiger partial charge in [-0.15, -0.1) is 0 Å². The fourth-order valence-corrected chi connectivity index (χ4v) is 4.41. The first-order valence-corrected chi connectivity index (χ1v) is 9.76. The number of allylic oxidation sites excluding steroid dienone is 3. The minimum absolute atomic E-state index is 0.0682. The molecule has 0 fully saturated rings. The monoisotopic (exact) mass is 408 g/mol. The van der Waals surface area contributed by atoms with Gasteiger partial charge in [0, 0.05) is 34.3 Å². The van der Waals surface area contributed by atoms with Gasteiger partial charge in [-0.1, -0.05) is 49.0 Å². The van der Waals surface area contributed by atoms with Crippen molar-refractivity contribution in [3.05, 3.63) is 94.5 Å². The van der Waals surface area contributed by atoms with E-state index in [1.165, 1.54) is 6.20 Å². The normalized spacial score (nSPS) is 16.8. The molecule has 2 aromatic rings. The van der Waals surface area contributed by atoms with Crippen molar-refractivity contribution in [1.82, 2.24) is 10.2 Å². The summed E-state index contributed by atoms with van der Waals surface area (Å²) in [5, 5.41) is 20.7. The van der Waals surface area contributed by atoms with Gasteiger partial charge in [0.25, 0.3) is 5.91 Å². The van der Waals surface area contributed by atoms with Crippen molar-refractivity contribution in [1.29, 1.82) is 10.7 Å². The molecule has 2 aromatic carbocycles. The molecule has 4 rings (SSSR count). The Morgan fingerprint density at radius 1 is 1.13 bits per heavy atom. The number of nitrogens with zero attached hydrogens (tertiary/aromatic N) is 2. The van der Waals surface area contributed by atoms with Gasteiger partial charge in [0.2, 0.25) is 0 Å². The average molecular weight is 408 g/mol. The molecule has 0 bridgehead atoms. The lowest BCUT2D eigenvalue weighted by Crippen LogP contribution is -2.34. The highest BCUT2D eigenvalue weighted by molar-refractivity contribution is 6.22. The van der Waals surface area contributed by atoms with Crippen LogP contribution >= 0.6 is 0 Å². The second-order valence-electron chi connectivity index (χ2n) is 7.42. The molecule has 6 nitrogen and oxygen atoms in total. The minimum atomic E-state index is -0.685. The molecule has 1 heterocycles. The highest BCUT2D eigenvalue weighted by atomic mass is 16.2. The van der Waals surface area contributed by atoms with E-state index in [-0.39, 0.29) is 5.78 Å². The molecule has 0 radical (unpaired) electrons. The van der Waals surface area contributed by atoms with Crippen LogP contribution in [0.3, 0.4) is 0 Å². The standard InChI is InChI=1S/C25H20N4O2/c1-4-29(13-27)25(31)21-15(3)28-14(2)20(12-26)23(21)18-10-7-11-19-22(18)16-8-5-6-9-17(16)24(19)30/h4-11,13,23,27-28H,1H2,2-3H3. The molecular formula is C25H20N4O2. The van der Waals surface area contributed by atoms with E-state index in [2.05, 4.69) is 18.0 Å². The average Bonchev–Trinajstić information content (AvgIpc) is 3.07. The van der Waals surface area contributed by atoms with Crippen LogP contribution in [0.2, 0.25) is 0 Å². The number of hydrogen-bond donors (Lipinski definition) is 2. The van der Waals surface area contributed by atoms with Crippen molar-refractivity contribution < 1.29 is 9.59 Å². The number of benzene rings is 2. The summed E-state index contributed by atoms with van der Waals surface area (Å²) in [6.45, 7) is 7.17. The van der Waals surface area contributed by atoms with Crippen LogP contribution in [0.4, 0.5) is 0 Å². The summed E-state index contributed by atoms with van der Waals surface area (Å²) in [6.07, 6.45) is 2.15. The quantitative estimate of drug-likeness (QED) is 0.498. The van der Waals surface area contributed by atoms with E-state index >= 15 is 0 Å². The molecule has 1 unspecified atom stereocenters. The maximum absolute atomic E-state index is 13.3. The Labute approximate surface area is 180 Å². The Morgan fingerprint density at radius 3 is 2.45 bits per heavy atom. The number of nitriles is 1. The van der Waals surface area contributed by atoms with Gasteiger partial charge in [-0.2, -0.15) is 5.26 Å². The third-order valence-electron chi connectivity index (χ3n) is 5.77. The lowest BCUT2D eigenvalue weighted by atomic mass is 9.77. The fourth-order valence-electron chi connectivity index (χ4n) is 4.41. The summed E-state index contributed by atoms with van der Waals surface area (Å²) in [5.41, 5.74) is 5.40. The number of fused-ring (bicyclic) bond motifs is 3. The molecular weight excluding hydrogens is 388 g/mol. The summed E-state index contributed by atoms with van der Waals surface area (Å²) in [4.78, 5) is 27.4. The van der Waals surface area contributed by atoms with Crippen molar-refractivity contribution in [2.75, 3.05) is 0 Å². The van der Waals surface area contributed by atoms with Gasteiger partial charge in [-0.25, -0.2) is 0 Å². The van der Waals surface area contributed by atoms with E-state index in [1.807, 2.05) is 24.3 Å². The predicted molar refractivity (Wildman–Crippen MR) is 118 cm³/mol. The van der Waals surface area contributed by atoms with Crippen molar-refractivity contribution in [2.45, 2.75) is 19.8 Å². The van der Waals surface area contributed by atoms with E-state index in [4.69, 9.17) is 5.41 Å². The van der Waals surface area contributed by atoms with Gasteiger partial charge >= 0.3 is 0 Å². The van der Waals surface area contributed by atoms with Gasteiger partial charge in [-0.3, -0.25) is 19.9 Å². The van der Waals surface area contributed by atoms with E-state index in [9.17, 15) is 14.9 Å². The molecule has 0 spiro atoms. The lowest BCUT2D eigenvalue weighted by Gasteiger charge is -2.31. The highest BCUT2D eigenvalue weighted by Crippen LogP contribution is 2.47. The topological polar surface area (TPSA) is 97.1 Å². The number of nitrogens with one attached hydrogen (secondary N) is 2. The molecule has 2 aliphatic rings. The summed E-state index contributed by atoms with van der Waals surface area (Å²) in [5.74, 6) is -1.20. The van der Waals surface area contributed by atoms with Crippen LogP contribution in [-0.4, -0.2) is 22.9 Å². The number of amides is 1. The molecule has 0 saturated heterocycles. The van der Waals surface area contributed by atoms with Gasteiger partial charge in [-0.05, 0) is 30.5 Å². The second-order valence-corrected chi connectivity index (χ2v) is 7.42. The minimum Gasteiger partial charge on any atom is -0.361 e. The largest absolute Gasteiger partial charge is 0.361 e. The zero-order valence-electron chi connectivity index (χ0n) is 17.2. The Bertz CT molecular complexity index is 1270. The van der Waals surface area contributed by atoms with Crippen LogP contribution in [0.15, 0.2) is 77.8 Å². The maximum Gasteiger partial charge on any atom is 0.261 e. The van der Waals surface area contributed by atoms with Gasteiger partial charge in [0.15, 0.2) is 5.78 Å². The number of rotatable bonds is 4. The number of dihydropyridines is 1. The van der Waals surface area contributed by atoms with E-state index < -0.39 is 11.8 Å². The SMILES string of the molecule is C=CN(C=N)C(=O)C1=C(C)NC(C)=C(C#N)C1c1cccc2c1-c1ccccc1C2=O. The van der Waals surface area contributed by atoms with Crippen molar-refractivity contribution in [2.24, 2.45) is 0 Å². The van der Waals surface area contributed by atoms with Crippen LogP contribution in [0.25, 0.3) is 11.1 Å². The van der Waals surface area contributed by atoms with E-state index in [0.29, 0.717) is 39.2 Å². The molecule has 152 valence electrons. The van der Waals surface area contributed by atoms with Crippen LogP contribution in [0.5, 0.6) is 0 Å². The second kappa shape index (κ2) is 7.54. The lowest BCUT2D eigenvalue weighted by molar-refractivity contribution is -0.121. The summed E-state index contributed by atoms with van der Waals surface area (Å²) in [7, 11) is 0. The molecule has 1 atom stereocenters. The molecule has 1 aliphatic heterocycles. The van der Waals surface area contributed by atoms with Gasteiger partial charge in [0.05, 0.1) is 23.9 Å². The first kappa shape index (κ1) is 20.0. The zero-order chi connectivity index (χ0) is 22.3. The molecule has 1 amide bonds.